The summed E-state index contributed by atoms with van der Waals surface area (Å²) in [5, 5.41) is 5.37. The average molecular weight is 383 g/mol. The number of esters is 1. The van der Waals surface area contributed by atoms with Crippen LogP contribution in [-0.2, 0) is 4.74 Å². The lowest BCUT2D eigenvalue weighted by Crippen LogP contribution is -2.18. The highest BCUT2D eigenvalue weighted by Gasteiger charge is 2.21. The van der Waals surface area contributed by atoms with Crippen LogP contribution in [0.15, 0.2) is 47.5 Å². The van der Waals surface area contributed by atoms with Crippen LogP contribution in [0.4, 0.5) is 0 Å². The fourth-order valence-electron chi connectivity index (χ4n) is 3.02. The van der Waals surface area contributed by atoms with Gasteiger partial charge in [0.1, 0.15) is 5.56 Å². The Morgan fingerprint density at radius 3 is 2.67 bits per heavy atom. The van der Waals surface area contributed by atoms with Crippen molar-refractivity contribution in [1.82, 2.24) is 19.2 Å². The third-order valence-corrected chi connectivity index (χ3v) is 4.52. The Kier molecular flexibility index (Phi) is 4.16. The van der Waals surface area contributed by atoms with Gasteiger partial charge in [0, 0.05) is 23.1 Å². The number of hydrogen-bond acceptors (Lipinski definition) is 5. The minimum atomic E-state index is -0.480. The summed E-state index contributed by atoms with van der Waals surface area (Å²) in [5.74, 6) is -0.480. The highest BCUT2D eigenvalue weighted by Crippen LogP contribution is 2.20. The maximum Gasteiger partial charge on any atom is 0.343 e. The van der Waals surface area contributed by atoms with Crippen molar-refractivity contribution in [3.8, 4) is 5.69 Å². The molecule has 27 heavy (non-hydrogen) atoms. The maximum atomic E-state index is 12.9. The molecule has 4 aromatic rings. The molecule has 0 bridgehead atoms. The third kappa shape index (κ3) is 2.76. The highest BCUT2D eigenvalue weighted by molar-refractivity contribution is 6.30. The van der Waals surface area contributed by atoms with E-state index in [9.17, 15) is 9.59 Å². The van der Waals surface area contributed by atoms with E-state index in [2.05, 4.69) is 10.1 Å². The van der Waals surface area contributed by atoms with E-state index >= 15 is 0 Å². The first-order valence-electron chi connectivity index (χ1n) is 8.34. The molecule has 3 heterocycles. The van der Waals surface area contributed by atoms with Crippen molar-refractivity contribution in [2.24, 2.45) is 0 Å². The van der Waals surface area contributed by atoms with Crippen LogP contribution in [-0.4, -0.2) is 31.7 Å². The Bertz CT molecular complexity index is 1240. The van der Waals surface area contributed by atoms with E-state index < -0.39 is 5.97 Å². The van der Waals surface area contributed by atoms with Crippen LogP contribution >= 0.6 is 11.6 Å². The van der Waals surface area contributed by atoms with E-state index in [0.29, 0.717) is 38.5 Å². The molecule has 0 N–H and O–H groups in total. The van der Waals surface area contributed by atoms with Gasteiger partial charge in [-0.05, 0) is 44.2 Å². The fraction of sp³-hybridized carbons (Fsp3) is 0.158. The molecule has 136 valence electrons. The van der Waals surface area contributed by atoms with Crippen LogP contribution in [0.25, 0.3) is 22.2 Å². The van der Waals surface area contributed by atoms with Gasteiger partial charge < -0.3 is 4.74 Å². The van der Waals surface area contributed by atoms with E-state index in [0.717, 1.165) is 0 Å². The lowest BCUT2D eigenvalue weighted by Gasteiger charge is -2.08. The topological polar surface area (TPSA) is 78.5 Å². The van der Waals surface area contributed by atoms with Crippen molar-refractivity contribution in [1.29, 1.82) is 0 Å². The van der Waals surface area contributed by atoms with Gasteiger partial charge in [0.05, 0.1) is 23.2 Å². The molecule has 0 aliphatic rings. The number of aryl methyl sites for hydroxylation is 1. The molecule has 0 aliphatic carbocycles. The fourth-order valence-corrected chi connectivity index (χ4v) is 3.15. The number of hydrogen-bond donors (Lipinski definition) is 0. The van der Waals surface area contributed by atoms with Gasteiger partial charge in [-0.2, -0.15) is 5.10 Å². The molecule has 8 heteroatoms. The first-order chi connectivity index (χ1) is 13.0. The lowest BCUT2D eigenvalue weighted by atomic mass is 10.2. The van der Waals surface area contributed by atoms with Gasteiger partial charge >= 0.3 is 5.97 Å². The largest absolute Gasteiger partial charge is 0.462 e. The molecule has 7 nitrogen and oxygen atoms in total. The Morgan fingerprint density at radius 2 is 1.96 bits per heavy atom. The number of carbonyl (C=O) groups excluding carboxylic acids is 1. The van der Waals surface area contributed by atoms with Crippen LogP contribution in [0, 0.1) is 6.92 Å². The molecular formula is C19H15ClN4O3. The summed E-state index contributed by atoms with van der Waals surface area (Å²) in [6, 6.07) is 8.73. The van der Waals surface area contributed by atoms with Crippen LogP contribution in [0.5, 0.6) is 0 Å². The number of carbonyl (C=O) groups is 1. The third-order valence-electron chi connectivity index (χ3n) is 4.27. The Hall–Kier alpha value is -3.19. The quantitative estimate of drug-likeness (QED) is 0.508. The molecule has 0 unspecified atom stereocenters. The molecule has 3 aromatic heterocycles. The lowest BCUT2D eigenvalue weighted by molar-refractivity contribution is 0.0527. The van der Waals surface area contributed by atoms with Gasteiger partial charge in [0.2, 0.25) is 0 Å². The van der Waals surface area contributed by atoms with Crippen LogP contribution in [0.3, 0.4) is 0 Å². The zero-order valence-corrected chi connectivity index (χ0v) is 15.4. The molecule has 0 spiro atoms. The van der Waals surface area contributed by atoms with Crippen molar-refractivity contribution >= 4 is 34.1 Å². The van der Waals surface area contributed by atoms with Gasteiger partial charge in [-0.3, -0.25) is 9.36 Å². The monoisotopic (exact) mass is 382 g/mol. The van der Waals surface area contributed by atoms with E-state index in [1.54, 1.807) is 50.4 Å². The van der Waals surface area contributed by atoms with Crippen molar-refractivity contribution in [3.63, 3.8) is 0 Å². The van der Waals surface area contributed by atoms with Gasteiger partial charge in [-0.1, -0.05) is 11.6 Å². The van der Waals surface area contributed by atoms with Crippen LogP contribution in [0.1, 0.15) is 23.0 Å². The predicted molar refractivity (Wildman–Crippen MR) is 102 cm³/mol. The van der Waals surface area contributed by atoms with Gasteiger partial charge in [-0.25, -0.2) is 14.3 Å². The molecule has 0 radical (unpaired) electrons. The number of ether oxygens (including phenoxy) is 1. The number of aromatic nitrogens is 4. The number of pyridine rings is 1. The first-order valence-corrected chi connectivity index (χ1v) is 8.72. The zero-order valence-electron chi connectivity index (χ0n) is 14.6. The molecule has 0 saturated heterocycles. The molecule has 1 aromatic carbocycles. The molecule has 4 rings (SSSR count). The summed E-state index contributed by atoms with van der Waals surface area (Å²) < 4.78 is 8.10. The highest BCUT2D eigenvalue weighted by atomic mass is 35.5. The molecule has 0 amide bonds. The van der Waals surface area contributed by atoms with Gasteiger partial charge in [0.25, 0.3) is 5.56 Å². The van der Waals surface area contributed by atoms with Crippen molar-refractivity contribution in [2.75, 3.05) is 6.61 Å². The summed E-state index contributed by atoms with van der Waals surface area (Å²) in [6.45, 7) is 3.71. The second-order valence-corrected chi connectivity index (χ2v) is 6.38. The van der Waals surface area contributed by atoms with E-state index in [1.807, 2.05) is 0 Å². The summed E-state index contributed by atoms with van der Waals surface area (Å²) in [7, 11) is 0. The molecule has 0 atom stereocenters. The number of halogens is 1. The normalized spacial score (nSPS) is 11.2. The minimum Gasteiger partial charge on any atom is -0.462 e. The van der Waals surface area contributed by atoms with Gasteiger partial charge in [0.15, 0.2) is 5.65 Å². The summed E-state index contributed by atoms with van der Waals surface area (Å²) in [4.78, 5) is 29.5. The Labute approximate surface area is 158 Å². The number of nitrogens with zero attached hydrogens (tertiary/aromatic N) is 4. The van der Waals surface area contributed by atoms with Crippen LogP contribution in [0.2, 0.25) is 5.02 Å². The standard InChI is InChI=1S/C19H15ClN4O3/c1-3-27-19(26)16-11(2)22-24-15-8-9-23(13-6-4-12(20)5-7-13)18(25)14(15)10-21-17(16)24/h4-10H,3H2,1-2H3. The van der Waals surface area contributed by atoms with E-state index in [-0.39, 0.29) is 12.2 Å². The van der Waals surface area contributed by atoms with Crippen molar-refractivity contribution < 1.29 is 9.53 Å². The van der Waals surface area contributed by atoms with E-state index in [1.165, 1.54) is 15.3 Å². The summed E-state index contributed by atoms with van der Waals surface area (Å²) >= 11 is 5.92. The first kappa shape index (κ1) is 17.2. The Morgan fingerprint density at radius 1 is 1.22 bits per heavy atom. The maximum absolute atomic E-state index is 12.9. The SMILES string of the molecule is CCOC(=O)c1c(C)nn2c1ncc1c(=O)n(-c3ccc(Cl)cc3)ccc12. The number of rotatable bonds is 3. The van der Waals surface area contributed by atoms with Crippen molar-refractivity contribution in [3.05, 3.63) is 69.4 Å². The number of benzene rings is 1. The average Bonchev–Trinajstić information content (AvgIpc) is 2.99. The van der Waals surface area contributed by atoms with Gasteiger partial charge in [-0.15, -0.1) is 0 Å². The molecule has 0 fully saturated rings. The van der Waals surface area contributed by atoms with E-state index in [4.69, 9.17) is 16.3 Å². The minimum absolute atomic E-state index is 0.241. The molecular weight excluding hydrogens is 368 g/mol. The summed E-state index contributed by atoms with van der Waals surface area (Å²) in [5.41, 5.74) is 2.18. The second kappa shape index (κ2) is 6.51. The molecule has 0 aliphatic heterocycles. The Balaban J connectivity index is 1.95. The van der Waals surface area contributed by atoms with Crippen molar-refractivity contribution in [2.45, 2.75) is 13.8 Å². The van der Waals surface area contributed by atoms with Crippen LogP contribution < -0.4 is 5.56 Å². The number of fused-ring (bicyclic) bond motifs is 3. The zero-order chi connectivity index (χ0) is 19.1. The predicted octanol–water partition coefficient (Wildman–Crippen LogP) is 3.17. The molecule has 0 saturated carbocycles. The summed E-state index contributed by atoms with van der Waals surface area (Å²) in [6.07, 6.45) is 3.12. The smallest absolute Gasteiger partial charge is 0.343 e. The second-order valence-electron chi connectivity index (χ2n) is 5.94.